The fourth-order valence-corrected chi connectivity index (χ4v) is 4.01. The molecule has 0 unspecified atom stereocenters. The molecule has 0 fully saturated rings. The zero-order valence-corrected chi connectivity index (χ0v) is 16.6. The highest BCUT2D eigenvalue weighted by Crippen LogP contribution is 2.22. The minimum atomic E-state index is -0.883. The van der Waals surface area contributed by atoms with Gasteiger partial charge in [0.15, 0.2) is 5.16 Å². The Hall–Kier alpha value is -1.83. The predicted molar refractivity (Wildman–Crippen MR) is 107 cm³/mol. The van der Waals surface area contributed by atoms with E-state index in [0.29, 0.717) is 33.4 Å². The monoisotopic (exact) mass is 452 g/mol. The third kappa shape index (κ3) is 4.47. The zero-order chi connectivity index (χ0) is 18.7. The predicted octanol–water partition coefficient (Wildman–Crippen LogP) is 4.43. The van der Waals surface area contributed by atoms with Crippen molar-refractivity contribution in [2.24, 2.45) is 0 Å². The van der Waals surface area contributed by atoms with Gasteiger partial charge < -0.3 is 5.11 Å². The van der Waals surface area contributed by atoms with Crippen LogP contribution in [-0.4, -0.2) is 26.4 Å². The first-order valence-electron chi connectivity index (χ1n) is 7.73. The summed E-state index contributed by atoms with van der Waals surface area (Å²) in [4.78, 5) is 28.4. The summed E-state index contributed by atoms with van der Waals surface area (Å²) in [5, 5.41) is 10.3. The van der Waals surface area contributed by atoms with E-state index in [2.05, 4.69) is 20.9 Å². The normalized spacial score (nSPS) is 11.0. The van der Waals surface area contributed by atoms with Crippen LogP contribution < -0.4 is 5.56 Å². The highest BCUT2D eigenvalue weighted by atomic mass is 79.9. The molecule has 0 atom stereocenters. The largest absolute Gasteiger partial charge is 0.481 e. The van der Waals surface area contributed by atoms with Gasteiger partial charge in [-0.3, -0.25) is 14.2 Å². The standard InChI is InChI=1S/C18H14BrClN2O3S/c19-12-3-1-2-11(8-12)10-22-17(25)14-9-13(20)4-5-15(14)21-18(22)26-7-6-16(23)24/h1-5,8-9H,6-7,10H2,(H,23,24). The van der Waals surface area contributed by atoms with Crippen molar-refractivity contribution in [2.75, 3.05) is 5.75 Å². The van der Waals surface area contributed by atoms with Gasteiger partial charge in [0.2, 0.25) is 0 Å². The Balaban J connectivity index is 2.08. The molecule has 1 aromatic heterocycles. The summed E-state index contributed by atoms with van der Waals surface area (Å²) < 4.78 is 2.48. The molecule has 0 spiro atoms. The molecule has 3 rings (SSSR count). The number of benzene rings is 2. The van der Waals surface area contributed by atoms with E-state index in [9.17, 15) is 9.59 Å². The maximum atomic E-state index is 13.0. The molecule has 0 bridgehead atoms. The first-order valence-corrected chi connectivity index (χ1v) is 9.89. The molecule has 0 radical (unpaired) electrons. The van der Waals surface area contributed by atoms with Gasteiger partial charge in [0.05, 0.1) is 23.9 Å². The maximum absolute atomic E-state index is 13.0. The lowest BCUT2D eigenvalue weighted by Crippen LogP contribution is -2.24. The van der Waals surface area contributed by atoms with E-state index in [-0.39, 0.29) is 12.0 Å². The summed E-state index contributed by atoms with van der Waals surface area (Å²) in [5.41, 5.74) is 1.28. The quantitative estimate of drug-likeness (QED) is 0.442. The van der Waals surface area contributed by atoms with Crippen LogP contribution in [0, 0.1) is 0 Å². The van der Waals surface area contributed by atoms with Crippen LogP contribution in [0.5, 0.6) is 0 Å². The van der Waals surface area contributed by atoms with Crippen LogP contribution in [0.2, 0.25) is 5.02 Å². The number of halogens is 2. The summed E-state index contributed by atoms with van der Waals surface area (Å²) in [6, 6.07) is 12.6. The number of hydrogen-bond donors (Lipinski definition) is 1. The average Bonchev–Trinajstić information content (AvgIpc) is 2.58. The molecular weight excluding hydrogens is 440 g/mol. The average molecular weight is 454 g/mol. The molecule has 3 aromatic rings. The smallest absolute Gasteiger partial charge is 0.304 e. The van der Waals surface area contributed by atoms with Crippen LogP contribution in [0.3, 0.4) is 0 Å². The summed E-state index contributed by atoms with van der Waals surface area (Å²) in [7, 11) is 0. The zero-order valence-electron chi connectivity index (χ0n) is 13.5. The highest BCUT2D eigenvalue weighted by molar-refractivity contribution is 9.10. The van der Waals surface area contributed by atoms with Crippen molar-refractivity contribution in [3.05, 3.63) is 67.9 Å². The van der Waals surface area contributed by atoms with Gasteiger partial charge in [-0.05, 0) is 35.9 Å². The Bertz CT molecular complexity index is 1040. The highest BCUT2D eigenvalue weighted by Gasteiger charge is 2.13. The second kappa shape index (κ2) is 8.24. The van der Waals surface area contributed by atoms with Crippen LogP contribution in [-0.2, 0) is 11.3 Å². The van der Waals surface area contributed by atoms with Gasteiger partial charge in [0, 0.05) is 15.2 Å². The lowest BCUT2D eigenvalue weighted by atomic mass is 10.2. The number of nitrogens with zero attached hydrogens (tertiary/aromatic N) is 2. The third-order valence-electron chi connectivity index (χ3n) is 3.66. The van der Waals surface area contributed by atoms with Crippen molar-refractivity contribution >= 4 is 56.2 Å². The molecule has 26 heavy (non-hydrogen) atoms. The molecule has 134 valence electrons. The number of fused-ring (bicyclic) bond motifs is 1. The molecule has 0 saturated heterocycles. The molecular formula is C18H14BrClN2O3S. The van der Waals surface area contributed by atoms with Crippen molar-refractivity contribution in [1.29, 1.82) is 0 Å². The number of carbonyl (C=O) groups is 1. The Morgan fingerprint density at radius 2 is 2.08 bits per heavy atom. The summed E-state index contributed by atoms with van der Waals surface area (Å²) in [6.07, 6.45) is -0.00389. The van der Waals surface area contributed by atoms with E-state index in [4.69, 9.17) is 16.7 Å². The molecule has 0 amide bonds. The second-order valence-corrected chi connectivity index (χ2v) is 7.98. The minimum absolute atomic E-state index is 0.00389. The number of aromatic nitrogens is 2. The van der Waals surface area contributed by atoms with E-state index in [1.54, 1.807) is 22.8 Å². The SMILES string of the molecule is O=C(O)CCSc1nc2ccc(Cl)cc2c(=O)n1Cc1cccc(Br)c1. The molecule has 2 aromatic carbocycles. The minimum Gasteiger partial charge on any atom is -0.481 e. The summed E-state index contributed by atoms with van der Waals surface area (Å²) in [5.74, 6) is -0.551. The van der Waals surface area contributed by atoms with Gasteiger partial charge in [0.25, 0.3) is 5.56 Å². The van der Waals surface area contributed by atoms with E-state index in [0.717, 1.165) is 10.0 Å². The molecule has 1 heterocycles. The lowest BCUT2D eigenvalue weighted by Gasteiger charge is -2.13. The third-order valence-corrected chi connectivity index (χ3v) is 5.36. The van der Waals surface area contributed by atoms with E-state index in [1.165, 1.54) is 11.8 Å². The molecule has 0 aliphatic heterocycles. The topological polar surface area (TPSA) is 72.2 Å². The van der Waals surface area contributed by atoms with E-state index >= 15 is 0 Å². The van der Waals surface area contributed by atoms with Crippen molar-refractivity contribution < 1.29 is 9.90 Å². The Morgan fingerprint density at radius 3 is 2.81 bits per heavy atom. The molecule has 8 heteroatoms. The summed E-state index contributed by atoms with van der Waals surface area (Å²) in [6.45, 7) is 0.336. The molecule has 0 aliphatic carbocycles. The first kappa shape index (κ1) is 18.9. The van der Waals surface area contributed by atoms with Crippen LogP contribution in [0.1, 0.15) is 12.0 Å². The van der Waals surface area contributed by atoms with Crippen molar-refractivity contribution in [1.82, 2.24) is 9.55 Å². The lowest BCUT2D eigenvalue weighted by molar-refractivity contribution is -0.136. The van der Waals surface area contributed by atoms with Gasteiger partial charge in [-0.2, -0.15) is 0 Å². The Morgan fingerprint density at radius 1 is 1.27 bits per heavy atom. The van der Waals surface area contributed by atoms with Crippen molar-refractivity contribution in [3.8, 4) is 0 Å². The van der Waals surface area contributed by atoms with Gasteiger partial charge in [-0.1, -0.05) is 51.4 Å². The number of carboxylic acids is 1. The molecule has 0 aliphatic rings. The molecule has 1 N–H and O–H groups in total. The van der Waals surface area contributed by atoms with Crippen LogP contribution in [0.4, 0.5) is 0 Å². The van der Waals surface area contributed by atoms with Gasteiger partial charge >= 0.3 is 5.97 Å². The Kier molecular flexibility index (Phi) is 6.01. The van der Waals surface area contributed by atoms with Gasteiger partial charge in [0.1, 0.15) is 0 Å². The van der Waals surface area contributed by atoms with Crippen LogP contribution >= 0.6 is 39.3 Å². The Labute approximate surface area is 167 Å². The molecule has 5 nitrogen and oxygen atoms in total. The van der Waals surface area contributed by atoms with E-state index in [1.807, 2.05) is 24.3 Å². The first-order chi connectivity index (χ1) is 12.4. The number of thioether (sulfide) groups is 1. The van der Waals surface area contributed by atoms with Crippen LogP contribution in [0.25, 0.3) is 10.9 Å². The van der Waals surface area contributed by atoms with Crippen LogP contribution in [0.15, 0.2) is 56.9 Å². The van der Waals surface area contributed by atoms with Crippen molar-refractivity contribution in [3.63, 3.8) is 0 Å². The molecule has 0 saturated carbocycles. The van der Waals surface area contributed by atoms with Crippen molar-refractivity contribution in [2.45, 2.75) is 18.1 Å². The second-order valence-electron chi connectivity index (χ2n) is 5.57. The number of hydrogen-bond acceptors (Lipinski definition) is 4. The number of carboxylic acid groups (broad SMARTS) is 1. The number of rotatable bonds is 6. The van der Waals surface area contributed by atoms with E-state index < -0.39 is 5.97 Å². The summed E-state index contributed by atoms with van der Waals surface area (Å²) >= 11 is 10.7. The fourth-order valence-electron chi connectivity index (χ4n) is 2.47. The fraction of sp³-hybridized carbons (Fsp3) is 0.167. The maximum Gasteiger partial charge on any atom is 0.304 e. The van der Waals surface area contributed by atoms with Gasteiger partial charge in [-0.25, -0.2) is 4.98 Å². The van der Waals surface area contributed by atoms with Gasteiger partial charge in [-0.15, -0.1) is 0 Å². The number of aliphatic carboxylic acids is 1.